The average Bonchev–Trinajstić information content (AvgIpc) is 2.33. The summed E-state index contributed by atoms with van der Waals surface area (Å²) < 4.78 is 0. The van der Waals surface area contributed by atoms with E-state index in [-0.39, 0.29) is 0 Å². The minimum absolute atomic E-state index is 0.953. The number of hydrogen-bond acceptors (Lipinski definition) is 1. The van der Waals surface area contributed by atoms with Gasteiger partial charge in [0.15, 0.2) is 0 Å². The smallest absolute Gasteiger partial charge is 0.0348 e. The molecule has 0 atom stereocenters. The maximum absolute atomic E-state index is 6.11. The molecule has 0 spiro atoms. The Kier molecular flexibility index (Phi) is 3.16. The van der Waals surface area contributed by atoms with Gasteiger partial charge in [0.05, 0.1) is 0 Å². The lowest BCUT2D eigenvalue weighted by Crippen LogP contribution is -2.16. The number of allylic oxidation sites excluding steroid dienone is 4. The summed E-state index contributed by atoms with van der Waals surface area (Å²) in [5.41, 5.74) is 15.8. The molecule has 0 aliphatic heterocycles. The van der Waals surface area contributed by atoms with Gasteiger partial charge in [-0.25, -0.2) is 0 Å². The third-order valence-electron chi connectivity index (χ3n) is 3.83. The zero-order chi connectivity index (χ0) is 13.4. The summed E-state index contributed by atoms with van der Waals surface area (Å²) in [5.74, 6) is 0. The lowest BCUT2D eigenvalue weighted by molar-refractivity contribution is 0.961. The van der Waals surface area contributed by atoms with Crippen LogP contribution in [0.25, 0.3) is 5.57 Å². The number of aryl methyl sites for hydroxylation is 1. The van der Waals surface area contributed by atoms with Gasteiger partial charge in [-0.2, -0.15) is 0 Å². The molecule has 2 rings (SSSR count). The first-order valence-corrected chi connectivity index (χ1v) is 6.34. The highest BCUT2D eigenvalue weighted by Gasteiger charge is 2.23. The molecule has 1 heteroatoms. The summed E-state index contributed by atoms with van der Waals surface area (Å²) in [7, 11) is 0. The number of nitrogens with two attached hydrogens (primary N) is 1. The van der Waals surface area contributed by atoms with Crippen LogP contribution in [-0.2, 0) is 0 Å². The Labute approximate surface area is 110 Å². The predicted molar refractivity (Wildman–Crippen MR) is 79.2 cm³/mol. The van der Waals surface area contributed by atoms with E-state index in [0.717, 1.165) is 17.7 Å². The molecule has 0 radical (unpaired) electrons. The van der Waals surface area contributed by atoms with E-state index in [0.29, 0.717) is 0 Å². The van der Waals surface area contributed by atoms with Crippen molar-refractivity contribution >= 4 is 5.57 Å². The minimum atomic E-state index is 0.953. The summed E-state index contributed by atoms with van der Waals surface area (Å²) in [6.45, 7) is 12.6. The topological polar surface area (TPSA) is 26.0 Å². The summed E-state index contributed by atoms with van der Waals surface area (Å²) in [5, 5.41) is 0. The Balaban J connectivity index is 2.66. The van der Waals surface area contributed by atoms with Crippen LogP contribution in [-0.4, -0.2) is 0 Å². The molecule has 0 saturated heterocycles. The van der Waals surface area contributed by atoms with E-state index in [1.807, 2.05) is 0 Å². The van der Waals surface area contributed by atoms with Crippen LogP contribution in [0.4, 0.5) is 0 Å². The molecular formula is C17H21N. The van der Waals surface area contributed by atoms with Crippen molar-refractivity contribution in [3.8, 4) is 0 Å². The Hall–Kier alpha value is -1.76. The van der Waals surface area contributed by atoms with Gasteiger partial charge in [-0.05, 0) is 67.5 Å². The summed E-state index contributed by atoms with van der Waals surface area (Å²) in [6.07, 6.45) is 0.988. The van der Waals surface area contributed by atoms with Crippen molar-refractivity contribution in [1.29, 1.82) is 0 Å². The van der Waals surface area contributed by atoms with Gasteiger partial charge in [0, 0.05) is 5.70 Å². The molecule has 0 heterocycles. The molecule has 1 aliphatic rings. The zero-order valence-electron chi connectivity index (χ0n) is 11.7. The summed E-state index contributed by atoms with van der Waals surface area (Å²) >= 11 is 0. The second-order valence-corrected chi connectivity index (χ2v) is 5.25. The molecule has 1 aliphatic carbocycles. The van der Waals surface area contributed by atoms with E-state index in [2.05, 4.69) is 52.5 Å². The van der Waals surface area contributed by atoms with Crippen molar-refractivity contribution in [2.75, 3.05) is 0 Å². The minimum Gasteiger partial charge on any atom is -0.399 e. The van der Waals surface area contributed by atoms with Crippen LogP contribution in [0.2, 0.25) is 0 Å². The molecule has 18 heavy (non-hydrogen) atoms. The molecule has 1 nitrogen and oxygen atoms in total. The highest BCUT2D eigenvalue weighted by molar-refractivity contribution is 5.86. The quantitative estimate of drug-likeness (QED) is 0.819. The predicted octanol–water partition coefficient (Wildman–Crippen LogP) is 4.27. The highest BCUT2D eigenvalue weighted by atomic mass is 14.6. The van der Waals surface area contributed by atoms with Crippen LogP contribution in [0.5, 0.6) is 0 Å². The first-order chi connectivity index (χ1) is 8.43. The lowest BCUT2D eigenvalue weighted by atomic mass is 9.80. The highest BCUT2D eigenvalue weighted by Crippen LogP contribution is 2.40. The normalized spacial score (nSPS) is 17.6. The molecule has 1 aromatic carbocycles. The lowest BCUT2D eigenvalue weighted by Gasteiger charge is -2.27. The van der Waals surface area contributed by atoms with E-state index in [4.69, 9.17) is 5.73 Å². The van der Waals surface area contributed by atoms with Gasteiger partial charge in [0.25, 0.3) is 0 Å². The second kappa shape index (κ2) is 4.49. The standard InChI is InChI=1S/C17H21N/c1-10(2)16(15-9-12(4)17(15)18)14-8-6-7-11(3)13(14)5/h6-8H,1,9,18H2,2-5H3/b16-15+. The monoisotopic (exact) mass is 239 g/mol. The summed E-state index contributed by atoms with van der Waals surface area (Å²) in [4.78, 5) is 0. The van der Waals surface area contributed by atoms with E-state index < -0.39 is 0 Å². The van der Waals surface area contributed by atoms with E-state index >= 15 is 0 Å². The molecule has 0 bridgehead atoms. The van der Waals surface area contributed by atoms with Crippen molar-refractivity contribution in [1.82, 2.24) is 0 Å². The number of rotatable bonds is 2. The molecule has 2 N–H and O–H groups in total. The molecule has 0 fully saturated rings. The van der Waals surface area contributed by atoms with Gasteiger partial charge in [-0.3, -0.25) is 0 Å². The van der Waals surface area contributed by atoms with Gasteiger partial charge in [-0.1, -0.05) is 30.4 Å². The van der Waals surface area contributed by atoms with Crippen molar-refractivity contribution in [2.24, 2.45) is 5.73 Å². The average molecular weight is 239 g/mol. The third kappa shape index (κ3) is 1.90. The second-order valence-electron chi connectivity index (χ2n) is 5.25. The Bertz CT molecular complexity index is 586. The van der Waals surface area contributed by atoms with E-state index in [1.54, 1.807) is 0 Å². The third-order valence-corrected chi connectivity index (χ3v) is 3.83. The molecule has 0 unspecified atom stereocenters. The van der Waals surface area contributed by atoms with Gasteiger partial charge in [-0.15, -0.1) is 0 Å². The largest absolute Gasteiger partial charge is 0.399 e. The van der Waals surface area contributed by atoms with Gasteiger partial charge in [0.1, 0.15) is 0 Å². The first kappa shape index (κ1) is 12.7. The molecule has 94 valence electrons. The Morgan fingerprint density at radius 3 is 2.39 bits per heavy atom. The molecule has 1 aromatic rings. The van der Waals surface area contributed by atoms with E-state index in [1.165, 1.54) is 33.4 Å². The van der Waals surface area contributed by atoms with Crippen LogP contribution in [0.3, 0.4) is 0 Å². The van der Waals surface area contributed by atoms with Crippen molar-refractivity contribution in [2.45, 2.75) is 34.1 Å². The fourth-order valence-electron chi connectivity index (χ4n) is 2.50. The van der Waals surface area contributed by atoms with Crippen LogP contribution in [0.15, 0.2) is 47.2 Å². The molecule has 0 saturated carbocycles. The molecule has 0 aromatic heterocycles. The maximum Gasteiger partial charge on any atom is 0.0348 e. The molecule has 0 amide bonds. The zero-order valence-corrected chi connectivity index (χ0v) is 11.7. The van der Waals surface area contributed by atoms with E-state index in [9.17, 15) is 0 Å². The van der Waals surface area contributed by atoms with Crippen molar-refractivity contribution < 1.29 is 0 Å². The van der Waals surface area contributed by atoms with Gasteiger partial charge < -0.3 is 5.73 Å². The number of benzene rings is 1. The van der Waals surface area contributed by atoms with Crippen LogP contribution >= 0.6 is 0 Å². The van der Waals surface area contributed by atoms with Crippen LogP contribution in [0.1, 0.15) is 37.0 Å². The van der Waals surface area contributed by atoms with Gasteiger partial charge >= 0.3 is 0 Å². The van der Waals surface area contributed by atoms with Crippen molar-refractivity contribution in [3.63, 3.8) is 0 Å². The Morgan fingerprint density at radius 1 is 1.22 bits per heavy atom. The van der Waals surface area contributed by atoms with Crippen LogP contribution in [0, 0.1) is 13.8 Å². The maximum atomic E-state index is 6.11. The fraction of sp³-hybridized carbons (Fsp3) is 0.294. The van der Waals surface area contributed by atoms with Crippen LogP contribution < -0.4 is 5.73 Å². The first-order valence-electron chi connectivity index (χ1n) is 6.34. The van der Waals surface area contributed by atoms with Crippen molar-refractivity contribution in [3.05, 3.63) is 63.9 Å². The number of hydrogen-bond donors (Lipinski definition) is 1. The summed E-state index contributed by atoms with van der Waals surface area (Å²) in [6, 6.07) is 6.41. The SMILES string of the molecule is C=C(C)/C(=C1/CC(C)=C1N)c1cccc(C)c1C. The fourth-order valence-corrected chi connectivity index (χ4v) is 2.50. The van der Waals surface area contributed by atoms with Gasteiger partial charge in [0.2, 0.25) is 0 Å². The molecular weight excluding hydrogens is 218 g/mol. The Morgan fingerprint density at radius 2 is 1.89 bits per heavy atom.